The normalized spacial score (nSPS) is 10.9. The van der Waals surface area contributed by atoms with Gasteiger partial charge in [0.1, 0.15) is 4.34 Å². The van der Waals surface area contributed by atoms with Crippen LogP contribution in [0.2, 0.25) is 0 Å². The first-order valence-corrected chi connectivity index (χ1v) is 11.2. The van der Waals surface area contributed by atoms with E-state index in [1.807, 2.05) is 60.3 Å². The first-order chi connectivity index (χ1) is 14.5. The molecule has 0 saturated carbocycles. The van der Waals surface area contributed by atoms with Crippen molar-refractivity contribution in [2.45, 2.75) is 17.0 Å². The topological polar surface area (TPSA) is 76.0 Å². The molecule has 8 heteroatoms. The van der Waals surface area contributed by atoms with Crippen LogP contribution in [0.3, 0.4) is 0 Å². The van der Waals surface area contributed by atoms with Gasteiger partial charge in [-0.25, -0.2) is 4.98 Å². The summed E-state index contributed by atoms with van der Waals surface area (Å²) in [5.41, 5.74) is 9.07. The molecule has 0 aliphatic rings. The van der Waals surface area contributed by atoms with E-state index in [0.29, 0.717) is 11.1 Å². The van der Waals surface area contributed by atoms with Gasteiger partial charge in [-0.1, -0.05) is 42.1 Å². The fourth-order valence-electron chi connectivity index (χ4n) is 3.07. The van der Waals surface area contributed by atoms with Gasteiger partial charge in [0, 0.05) is 46.5 Å². The first-order valence-electron chi connectivity index (χ1n) is 9.30. The van der Waals surface area contributed by atoms with Crippen molar-refractivity contribution in [2.24, 2.45) is 7.05 Å². The number of aryl methyl sites for hydroxylation is 2. The molecule has 6 nitrogen and oxygen atoms in total. The molecule has 0 unspecified atom stereocenters. The molecule has 0 saturated heterocycles. The number of hydrogen-bond donors (Lipinski definition) is 2. The molecule has 0 spiro atoms. The molecular formula is C22H20N4O2S2. The molecule has 4 rings (SSSR count). The maximum atomic E-state index is 12.5. The number of nitrogens with zero attached hydrogens (tertiary/aromatic N) is 2. The van der Waals surface area contributed by atoms with Gasteiger partial charge in [0.05, 0.1) is 5.56 Å². The maximum absolute atomic E-state index is 12.5. The Kier molecular flexibility index (Phi) is 5.87. The van der Waals surface area contributed by atoms with Crippen LogP contribution in [0.25, 0.3) is 10.9 Å². The fraction of sp³-hybridized carbons (Fsp3) is 0.136. The summed E-state index contributed by atoms with van der Waals surface area (Å²) < 4.78 is 2.92. The van der Waals surface area contributed by atoms with E-state index < -0.39 is 0 Å². The lowest BCUT2D eigenvalue weighted by atomic mass is 10.1. The smallest absolute Gasteiger partial charge is 0.271 e. The third-order valence-corrected chi connectivity index (χ3v) is 6.82. The molecule has 0 aliphatic heterocycles. The van der Waals surface area contributed by atoms with E-state index in [-0.39, 0.29) is 11.8 Å². The van der Waals surface area contributed by atoms with Crippen LogP contribution in [0.1, 0.15) is 32.0 Å². The molecule has 0 aliphatic carbocycles. The van der Waals surface area contributed by atoms with Crippen LogP contribution in [0.15, 0.2) is 64.4 Å². The van der Waals surface area contributed by atoms with Gasteiger partial charge in [0.25, 0.3) is 11.8 Å². The second-order valence-corrected chi connectivity index (χ2v) is 8.90. The Balaban J connectivity index is 1.35. The predicted molar refractivity (Wildman–Crippen MR) is 121 cm³/mol. The molecule has 2 aromatic heterocycles. The molecule has 152 valence electrons. The Bertz CT molecular complexity index is 1210. The summed E-state index contributed by atoms with van der Waals surface area (Å²) >= 11 is 3.30. The highest BCUT2D eigenvalue weighted by molar-refractivity contribution is 8.00. The number of thioether (sulfide) groups is 1. The Morgan fingerprint density at radius 2 is 1.80 bits per heavy atom. The quantitative estimate of drug-likeness (QED) is 0.361. The van der Waals surface area contributed by atoms with Crippen LogP contribution >= 0.6 is 23.1 Å². The number of hydrogen-bond acceptors (Lipinski definition) is 5. The minimum atomic E-state index is -0.363. The summed E-state index contributed by atoms with van der Waals surface area (Å²) in [5, 5.41) is 2.87. The molecule has 0 radical (unpaired) electrons. The Morgan fingerprint density at radius 1 is 1.07 bits per heavy atom. The number of aromatic nitrogens is 2. The summed E-state index contributed by atoms with van der Waals surface area (Å²) in [6.07, 6.45) is 1.75. The molecule has 4 aromatic rings. The molecule has 2 aromatic carbocycles. The highest BCUT2D eigenvalue weighted by atomic mass is 32.2. The van der Waals surface area contributed by atoms with Crippen LogP contribution in [0, 0.1) is 6.92 Å². The van der Waals surface area contributed by atoms with Crippen LogP contribution < -0.4 is 10.9 Å². The molecule has 2 amide bonds. The van der Waals surface area contributed by atoms with E-state index in [1.165, 1.54) is 0 Å². The van der Waals surface area contributed by atoms with E-state index in [9.17, 15) is 9.59 Å². The first kappa shape index (κ1) is 20.2. The molecule has 2 N–H and O–H groups in total. The summed E-state index contributed by atoms with van der Waals surface area (Å²) in [4.78, 5) is 29.4. The molecule has 0 atom stereocenters. The largest absolute Gasteiger partial charge is 0.350 e. The minimum Gasteiger partial charge on any atom is -0.350 e. The van der Waals surface area contributed by atoms with Crippen molar-refractivity contribution >= 4 is 45.8 Å². The van der Waals surface area contributed by atoms with Crippen molar-refractivity contribution in [1.82, 2.24) is 20.4 Å². The zero-order chi connectivity index (χ0) is 21.1. The Morgan fingerprint density at radius 3 is 2.53 bits per heavy atom. The SMILES string of the molecule is Cc1csc(SCc2ccc(C(=O)NNC(=O)c3cn(C)c4ccccc34)cc2)n1. The van der Waals surface area contributed by atoms with Crippen LogP contribution in [0.5, 0.6) is 0 Å². The fourth-order valence-corrected chi connectivity index (χ4v) is 4.88. The lowest BCUT2D eigenvalue weighted by molar-refractivity contribution is 0.0847. The molecule has 0 bridgehead atoms. The van der Waals surface area contributed by atoms with Crippen molar-refractivity contribution in [1.29, 1.82) is 0 Å². The Hall–Kier alpha value is -3.10. The summed E-state index contributed by atoms with van der Waals surface area (Å²) in [5.74, 6) is 0.0670. The van der Waals surface area contributed by atoms with Crippen molar-refractivity contribution in [2.75, 3.05) is 0 Å². The predicted octanol–water partition coefficient (Wildman–Crippen LogP) is 4.31. The molecular weight excluding hydrogens is 416 g/mol. The number of para-hydroxylation sites is 1. The van der Waals surface area contributed by atoms with E-state index in [2.05, 4.69) is 15.8 Å². The van der Waals surface area contributed by atoms with Crippen molar-refractivity contribution in [3.63, 3.8) is 0 Å². The number of hydrazine groups is 1. The zero-order valence-electron chi connectivity index (χ0n) is 16.5. The molecule has 0 fully saturated rings. The van der Waals surface area contributed by atoms with E-state index in [1.54, 1.807) is 41.4 Å². The van der Waals surface area contributed by atoms with E-state index >= 15 is 0 Å². The second-order valence-electron chi connectivity index (χ2n) is 6.82. The van der Waals surface area contributed by atoms with E-state index in [0.717, 1.165) is 32.3 Å². The number of rotatable bonds is 5. The van der Waals surface area contributed by atoms with Gasteiger partial charge in [-0.3, -0.25) is 20.4 Å². The van der Waals surface area contributed by atoms with Crippen LogP contribution in [0.4, 0.5) is 0 Å². The third kappa shape index (κ3) is 4.39. The van der Waals surface area contributed by atoms with Gasteiger partial charge in [-0.05, 0) is 30.7 Å². The van der Waals surface area contributed by atoms with Crippen LogP contribution in [-0.4, -0.2) is 21.4 Å². The number of nitrogens with one attached hydrogen (secondary N) is 2. The number of benzene rings is 2. The Labute approximate surface area is 182 Å². The van der Waals surface area contributed by atoms with Gasteiger partial charge in [0.2, 0.25) is 0 Å². The average molecular weight is 437 g/mol. The lowest BCUT2D eigenvalue weighted by Gasteiger charge is -2.07. The van der Waals surface area contributed by atoms with Gasteiger partial charge >= 0.3 is 0 Å². The number of carbonyl (C=O) groups excluding carboxylic acids is 2. The van der Waals surface area contributed by atoms with Crippen molar-refractivity contribution in [3.05, 3.63) is 82.5 Å². The molecule has 2 heterocycles. The van der Waals surface area contributed by atoms with Crippen LogP contribution in [-0.2, 0) is 12.8 Å². The highest BCUT2D eigenvalue weighted by Gasteiger charge is 2.14. The van der Waals surface area contributed by atoms with Crippen molar-refractivity contribution < 1.29 is 9.59 Å². The number of fused-ring (bicyclic) bond motifs is 1. The van der Waals surface area contributed by atoms with Gasteiger partial charge in [0.15, 0.2) is 0 Å². The van der Waals surface area contributed by atoms with E-state index in [4.69, 9.17) is 0 Å². The number of amides is 2. The second kappa shape index (κ2) is 8.73. The van der Waals surface area contributed by atoms with Crippen molar-refractivity contribution in [3.8, 4) is 0 Å². The minimum absolute atomic E-state index is 0.355. The van der Waals surface area contributed by atoms with Gasteiger partial charge in [-0.2, -0.15) is 0 Å². The average Bonchev–Trinajstić information content (AvgIpc) is 3.34. The lowest BCUT2D eigenvalue weighted by Crippen LogP contribution is -2.41. The third-order valence-electron chi connectivity index (χ3n) is 4.61. The number of carbonyl (C=O) groups is 2. The van der Waals surface area contributed by atoms with Gasteiger partial charge in [-0.15, -0.1) is 11.3 Å². The zero-order valence-corrected chi connectivity index (χ0v) is 18.1. The van der Waals surface area contributed by atoms with Gasteiger partial charge < -0.3 is 4.57 Å². The summed E-state index contributed by atoms with van der Waals surface area (Å²) in [7, 11) is 1.88. The molecule has 30 heavy (non-hydrogen) atoms. The standard InChI is InChI=1S/C22H20N4O2S2/c1-14-12-29-22(23-14)30-13-15-7-9-16(10-8-15)20(27)24-25-21(28)18-11-26(2)19-6-4-3-5-17(18)19/h3-12H,13H2,1-2H3,(H,24,27)(H,25,28). The summed E-state index contributed by atoms with van der Waals surface area (Å²) in [6, 6.07) is 15.0. The number of thiazole rings is 1. The highest BCUT2D eigenvalue weighted by Crippen LogP contribution is 2.26. The monoisotopic (exact) mass is 436 g/mol. The summed E-state index contributed by atoms with van der Waals surface area (Å²) in [6.45, 7) is 1.98. The maximum Gasteiger partial charge on any atom is 0.271 e.